The smallest absolute Gasteiger partial charge is 0.0711 e. The standard InChI is InChI=1S/C7H10N/c1-6-3-4-8-5-7(6)2/h3-5,8H,1-2H3. The zero-order chi connectivity index (χ0) is 5.98. The van der Waals surface area contributed by atoms with Crippen molar-refractivity contribution in [2.24, 2.45) is 0 Å². The molecule has 0 saturated carbocycles. The maximum Gasteiger partial charge on any atom is 0.0711 e. The summed E-state index contributed by atoms with van der Waals surface area (Å²) >= 11 is 0. The van der Waals surface area contributed by atoms with Crippen LogP contribution in [0.4, 0.5) is 0 Å². The van der Waals surface area contributed by atoms with Crippen molar-refractivity contribution < 1.29 is 0 Å². The van der Waals surface area contributed by atoms with Gasteiger partial charge in [0, 0.05) is 0 Å². The van der Waals surface area contributed by atoms with Gasteiger partial charge in [-0.2, -0.15) is 0 Å². The van der Waals surface area contributed by atoms with Gasteiger partial charge in [-0.1, -0.05) is 0 Å². The van der Waals surface area contributed by atoms with Crippen molar-refractivity contribution >= 4 is 0 Å². The van der Waals surface area contributed by atoms with E-state index in [4.69, 9.17) is 0 Å². The molecule has 0 aromatic carbocycles. The van der Waals surface area contributed by atoms with Crippen molar-refractivity contribution in [3.8, 4) is 0 Å². The first-order valence-electron chi connectivity index (χ1n) is 2.74. The topological polar surface area (TPSA) is 12.0 Å². The largest absolute Gasteiger partial charge is 0.382 e. The van der Waals surface area contributed by atoms with Gasteiger partial charge in [-0.25, -0.2) is 0 Å². The normalized spacial score (nSPS) is 18.8. The lowest BCUT2D eigenvalue weighted by Gasteiger charge is -2.08. The molecule has 0 aromatic rings. The third-order valence-electron chi connectivity index (χ3n) is 1.35. The van der Waals surface area contributed by atoms with Crippen molar-refractivity contribution in [2.45, 2.75) is 13.8 Å². The number of nitrogens with one attached hydrogen (secondary N) is 1. The van der Waals surface area contributed by atoms with Gasteiger partial charge in [0.05, 0.1) is 6.54 Å². The average molecular weight is 108 g/mol. The first-order chi connectivity index (χ1) is 3.80. The molecule has 43 valence electrons. The number of dihydropyridines is 1. The number of hydrogen-bond donors (Lipinski definition) is 1. The van der Waals surface area contributed by atoms with Gasteiger partial charge in [0.15, 0.2) is 0 Å². The molecule has 0 saturated heterocycles. The third-order valence-corrected chi connectivity index (χ3v) is 1.35. The van der Waals surface area contributed by atoms with Crippen LogP contribution in [0.15, 0.2) is 23.4 Å². The SMILES string of the molecule is CC1=C(C)C=CN[CH]1. The fourth-order valence-corrected chi connectivity index (χ4v) is 0.592. The van der Waals surface area contributed by atoms with E-state index in [0.717, 1.165) is 0 Å². The summed E-state index contributed by atoms with van der Waals surface area (Å²) in [4.78, 5) is 0. The lowest BCUT2D eigenvalue weighted by molar-refractivity contribution is 1.02. The van der Waals surface area contributed by atoms with E-state index in [0.29, 0.717) is 0 Å². The minimum atomic E-state index is 1.31. The van der Waals surface area contributed by atoms with Crippen LogP contribution >= 0.6 is 0 Å². The van der Waals surface area contributed by atoms with Crippen LogP contribution in [-0.2, 0) is 0 Å². The van der Waals surface area contributed by atoms with Crippen molar-refractivity contribution in [2.75, 3.05) is 0 Å². The highest BCUT2D eigenvalue weighted by atomic mass is 14.8. The Morgan fingerprint density at radius 1 is 1.25 bits per heavy atom. The van der Waals surface area contributed by atoms with Crippen LogP contribution in [0.5, 0.6) is 0 Å². The van der Waals surface area contributed by atoms with Crippen molar-refractivity contribution in [1.82, 2.24) is 5.32 Å². The summed E-state index contributed by atoms with van der Waals surface area (Å²) in [5, 5.41) is 3.00. The van der Waals surface area contributed by atoms with Crippen LogP contribution < -0.4 is 5.32 Å². The van der Waals surface area contributed by atoms with Crippen molar-refractivity contribution in [3.63, 3.8) is 0 Å². The second kappa shape index (κ2) is 2.03. The monoisotopic (exact) mass is 108 g/mol. The Balaban J connectivity index is 2.76. The Hall–Kier alpha value is -0.720. The predicted octanol–water partition coefficient (Wildman–Crippen LogP) is 1.60. The van der Waals surface area contributed by atoms with Crippen LogP contribution in [0.1, 0.15) is 13.8 Å². The second-order valence-electron chi connectivity index (χ2n) is 2.01. The van der Waals surface area contributed by atoms with Crippen LogP contribution in [0.2, 0.25) is 0 Å². The van der Waals surface area contributed by atoms with E-state index in [9.17, 15) is 0 Å². The van der Waals surface area contributed by atoms with Gasteiger partial charge in [0.25, 0.3) is 0 Å². The average Bonchev–Trinajstić information content (AvgIpc) is 1.77. The van der Waals surface area contributed by atoms with E-state index in [1.54, 1.807) is 0 Å². The predicted molar refractivity (Wildman–Crippen MR) is 34.9 cm³/mol. The summed E-state index contributed by atoms with van der Waals surface area (Å²) in [5.74, 6) is 0. The summed E-state index contributed by atoms with van der Waals surface area (Å²) in [5.41, 5.74) is 2.65. The Morgan fingerprint density at radius 3 is 2.38 bits per heavy atom. The molecule has 1 radical (unpaired) electrons. The van der Waals surface area contributed by atoms with E-state index < -0.39 is 0 Å². The highest BCUT2D eigenvalue weighted by Crippen LogP contribution is 2.09. The molecular formula is C7H10N. The molecule has 1 aliphatic rings. The number of allylic oxidation sites excluding steroid dienone is 2. The first kappa shape index (κ1) is 5.42. The second-order valence-corrected chi connectivity index (χ2v) is 2.01. The van der Waals surface area contributed by atoms with E-state index in [1.165, 1.54) is 11.1 Å². The van der Waals surface area contributed by atoms with E-state index in [-0.39, 0.29) is 0 Å². The molecule has 0 aliphatic carbocycles. The highest BCUT2D eigenvalue weighted by molar-refractivity contribution is 5.30. The summed E-state index contributed by atoms with van der Waals surface area (Å²) in [6, 6.07) is 0. The lowest BCUT2D eigenvalue weighted by Crippen LogP contribution is -2.05. The Labute approximate surface area is 50.1 Å². The van der Waals surface area contributed by atoms with Gasteiger partial charge >= 0.3 is 0 Å². The van der Waals surface area contributed by atoms with Gasteiger partial charge in [0.1, 0.15) is 0 Å². The van der Waals surface area contributed by atoms with Gasteiger partial charge < -0.3 is 5.32 Å². The zero-order valence-electron chi connectivity index (χ0n) is 5.23. The molecular weight excluding hydrogens is 98.1 g/mol. The summed E-state index contributed by atoms with van der Waals surface area (Å²) in [7, 11) is 0. The molecule has 1 heteroatoms. The van der Waals surface area contributed by atoms with Crippen LogP contribution in [0, 0.1) is 6.54 Å². The number of rotatable bonds is 0. The van der Waals surface area contributed by atoms with Crippen LogP contribution in [0.25, 0.3) is 0 Å². The van der Waals surface area contributed by atoms with E-state index in [1.807, 2.05) is 12.7 Å². The quantitative estimate of drug-likeness (QED) is 0.497. The molecule has 0 aromatic heterocycles. The minimum absolute atomic E-state index is 1.31. The maximum atomic E-state index is 3.00. The Morgan fingerprint density at radius 2 is 2.00 bits per heavy atom. The Kier molecular flexibility index (Phi) is 1.38. The molecule has 1 aliphatic heterocycles. The summed E-state index contributed by atoms with van der Waals surface area (Å²) in [6.45, 7) is 6.18. The molecule has 0 atom stereocenters. The number of hydrogen-bond acceptors (Lipinski definition) is 1. The molecule has 0 fully saturated rings. The summed E-state index contributed by atoms with van der Waals surface area (Å²) < 4.78 is 0. The molecule has 1 N–H and O–H groups in total. The molecule has 0 unspecified atom stereocenters. The fourth-order valence-electron chi connectivity index (χ4n) is 0.592. The molecule has 0 bridgehead atoms. The maximum absolute atomic E-state index is 3.00. The van der Waals surface area contributed by atoms with Gasteiger partial charge in [-0.05, 0) is 37.3 Å². The molecule has 1 rings (SSSR count). The van der Waals surface area contributed by atoms with Crippen molar-refractivity contribution in [1.29, 1.82) is 0 Å². The van der Waals surface area contributed by atoms with Gasteiger partial charge in [0.2, 0.25) is 0 Å². The van der Waals surface area contributed by atoms with Gasteiger partial charge in [-0.15, -0.1) is 0 Å². The Bertz CT molecular complexity index is 142. The van der Waals surface area contributed by atoms with Crippen molar-refractivity contribution in [3.05, 3.63) is 30.0 Å². The van der Waals surface area contributed by atoms with Crippen LogP contribution in [-0.4, -0.2) is 0 Å². The summed E-state index contributed by atoms with van der Waals surface area (Å²) in [6.07, 6.45) is 4.00. The zero-order valence-corrected chi connectivity index (χ0v) is 5.23. The third kappa shape index (κ3) is 0.915. The fraction of sp³-hybridized carbons (Fsp3) is 0.286. The molecule has 0 amide bonds. The first-order valence-corrected chi connectivity index (χ1v) is 2.74. The molecule has 8 heavy (non-hydrogen) atoms. The highest BCUT2D eigenvalue weighted by Gasteiger charge is 1.95. The van der Waals surface area contributed by atoms with Gasteiger partial charge in [-0.3, -0.25) is 0 Å². The molecule has 1 heterocycles. The van der Waals surface area contributed by atoms with Crippen LogP contribution in [0.3, 0.4) is 0 Å². The molecule has 1 nitrogen and oxygen atoms in total. The van der Waals surface area contributed by atoms with E-state index >= 15 is 0 Å². The lowest BCUT2D eigenvalue weighted by atomic mass is 10.1. The molecule has 0 spiro atoms. The minimum Gasteiger partial charge on any atom is -0.382 e. The van der Waals surface area contributed by atoms with E-state index in [2.05, 4.69) is 25.2 Å².